The monoisotopic (exact) mass is 364 g/mol. The molecule has 2 N–H and O–H groups in total. The number of hydrogen-bond donors (Lipinski definition) is 2. The van der Waals surface area contributed by atoms with Gasteiger partial charge < -0.3 is 24.6 Å². The molecular formula is C20H32N2O4. The summed E-state index contributed by atoms with van der Waals surface area (Å²) in [6.45, 7) is 5.32. The molecule has 0 saturated carbocycles. The zero-order valence-corrected chi connectivity index (χ0v) is 15.8. The Balaban J connectivity index is 1.48. The molecule has 2 heterocycles. The van der Waals surface area contributed by atoms with Crippen LogP contribution in [0.4, 0.5) is 0 Å². The van der Waals surface area contributed by atoms with E-state index in [1.54, 1.807) is 7.11 Å². The van der Waals surface area contributed by atoms with Crippen molar-refractivity contribution >= 4 is 0 Å². The average Bonchev–Trinajstić information content (AvgIpc) is 2.87. The maximum atomic E-state index is 10.3. The fourth-order valence-corrected chi connectivity index (χ4v) is 3.71. The van der Waals surface area contributed by atoms with Crippen LogP contribution in [-0.4, -0.2) is 78.7 Å². The molecule has 2 aliphatic rings. The van der Waals surface area contributed by atoms with Crippen LogP contribution >= 0.6 is 0 Å². The smallest absolute Gasteiger partial charge is 0.161 e. The van der Waals surface area contributed by atoms with Crippen molar-refractivity contribution in [3.63, 3.8) is 0 Å². The SMILES string of the molecule is COc1cc(CN2CC(O)C2)ccc1OC[C@H](O)CN1CCCCCC1. The van der Waals surface area contributed by atoms with E-state index in [2.05, 4.69) is 9.80 Å². The molecule has 1 aromatic carbocycles. The van der Waals surface area contributed by atoms with Gasteiger partial charge in [0.25, 0.3) is 0 Å². The van der Waals surface area contributed by atoms with Gasteiger partial charge >= 0.3 is 0 Å². The number of ether oxygens (including phenoxy) is 2. The van der Waals surface area contributed by atoms with Gasteiger partial charge in [-0.15, -0.1) is 0 Å². The van der Waals surface area contributed by atoms with Gasteiger partial charge in [-0.25, -0.2) is 0 Å². The number of nitrogens with zero attached hydrogens (tertiary/aromatic N) is 2. The topological polar surface area (TPSA) is 65.4 Å². The summed E-state index contributed by atoms with van der Waals surface area (Å²) in [4.78, 5) is 4.52. The molecule has 146 valence electrons. The van der Waals surface area contributed by atoms with Gasteiger partial charge in [-0.1, -0.05) is 18.9 Å². The van der Waals surface area contributed by atoms with Crippen LogP contribution < -0.4 is 9.47 Å². The summed E-state index contributed by atoms with van der Waals surface area (Å²) >= 11 is 0. The lowest BCUT2D eigenvalue weighted by molar-refractivity contribution is -0.00290. The Bertz CT molecular complexity index is 555. The van der Waals surface area contributed by atoms with Crippen molar-refractivity contribution < 1.29 is 19.7 Å². The molecule has 0 spiro atoms. The second-order valence-electron chi connectivity index (χ2n) is 7.51. The average molecular weight is 364 g/mol. The van der Waals surface area contributed by atoms with Crippen LogP contribution in [-0.2, 0) is 6.54 Å². The fraction of sp³-hybridized carbons (Fsp3) is 0.700. The molecule has 3 rings (SSSR count). The van der Waals surface area contributed by atoms with Crippen LogP contribution in [0.3, 0.4) is 0 Å². The normalized spacial score (nSPS) is 21.0. The molecular weight excluding hydrogens is 332 g/mol. The van der Waals surface area contributed by atoms with E-state index in [0.29, 0.717) is 18.0 Å². The van der Waals surface area contributed by atoms with E-state index in [4.69, 9.17) is 9.47 Å². The molecule has 0 unspecified atom stereocenters. The van der Waals surface area contributed by atoms with E-state index in [1.165, 1.54) is 25.7 Å². The highest BCUT2D eigenvalue weighted by molar-refractivity contribution is 5.43. The number of benzene rings is 1. The van der Waals surface area contributed by atoms with Crippen LogP contribution in [0.1, 0.15) is 31.2 Å². The van der Waals surface area contributed by atoms with E-state index in [1.807, 2.05) is 18.2 Å². The third-order valence-electron chi connectivity index (χ3n) is 5.17. The van der Waals surface area contributed by atoms with Crippen LogP contribution in [0.25, 0.3) is 0 Å². The Kier molecular flexibility index (Phi) is 7.14. The minimum absolute atomic E-state index is 0.190. The second-order valence-corrected chi connectivity index (χ2v) is 7.51. The number of β-amino-alcohol motifs (C(OH)–C–C–N with tert-alkyl or cyclic N) is 2. The Morgan fingerprint density at radius 2 is 1.81 bits per heavy atom. The van der Waals surface area contributed by atoms with Gasteiger partial charge in [-0.2, -0.15) is 0 Å². The van der Waals surface area contributed by atoms with E-state index in [-0.39, 0.29) is 12.7 Å². The molecule has 0 bridgehead atoms. The standard InChI is InChI=1S/C20H32N2O4/c1-25-20-10-16(11-22-12-17(23)13-22)6-7-19(20)26-15-18(24)14-21-8-4-2-3-5-9-21/h6-7,10,17-18,23-24H,2-5,8-9,11-15H2,1H3/t18-/m1/s1. The zero-order chi connectivity index (χ0) is 18.4. The summed E-state index contributed by atoms with van der Waals surface area (Å²) in [5, 5.41) is 19.7. The zero-order valence-electron chi connectivity index (χ0n) is 15.8. The van der Waals surface area contributed by atoms with Gasteiger partial charge in [-0.05, 0) is 43.6 Å². The van der Waals surface area contributed by atoms with Crippen LogP contribution in [0.5, 0.6) is 11.5 Å². The van der Waals surface area contributed by atoms with Gasteiger partial charge in [0.2, 0.25) is 0 Å². The third-order valence-corrected chi connectivity index (χ3v) is 5.17. The summed E-state index contributed by atoms with van der Waals surface area (Å²) in [6.07, 6.45) is 4.34. The lowest BCUT2D eigenvalue weighted by Crippen LogP contribution is -2.49. The molecule has 2 fully saturated rings. The lowest BCUT2D eigenvalue weighted by Gasteiger charge is -2.35. The van der Waals surface area contributed by atoms with Crippen molar-refractivity contribution in [3.05, 3.63) is 23.8 Å². The maximum absolute atomic E-state index is 10.3. The first-order valence-corrected chi connectivity index (χ1v) is 9.74. The molecule has 2 aliphatic heterocycles. The van der Waals surface area contributed by atoms with Gasteiger partial charge in [-0.3, -0.25) is 4.90 Å². The van der Waals surface area contributed by atoms with Gasteiger partial charge in [0.05, 0.1) is 13.2 Å². The van der Waals surface area contributed by atoms with Crippen molar-refractivity contribution in [2.75, 3.05) is 46.4 Å². The molecule has 1 atom stereocenters. The maximum Gasteiger partial charge on any atom is 0.161 e. The summed E-state index contributed by atoms with van der Waals surface area (Å²) < 4.78 is 11.3. The van der Waals surface area contributed by atoms with Gasteiger partial charge in [0, 0.05) is 26.2 Å². The number of methoxy groups -OCH3 is 1. The Hall–Kier alpha value is -1.34. The second kappa shape index (κ2) is 9.55. The highest BCUT2D eigenvalue weighted by Gasteiger charge is 2.24. The summed E-state index contributed by atoms with van der Waals surface area (Å²) in [7, 11) is 1.63. The predicted octanol–water partition coefficient (Wildman–Crippen LogP) is 1.49. The third kappa shape index (κ3) is 5.58. The van der Waals surface area contributed by atoms with Crippen molar-refractivity contribution in [1.82, 2.24) is 9.80 Å². The van der Waals surface area contributed by atoms with Crippen molar-refractivity contribution in [2.45, 2.75) is 44.4 Å². The first kappa shape index (κ1) is 19.4. The van der Waals surface area contributed by atoms with Gasteiger partial charge in [0.15, 0.2) is 11.5 Å². The number of likely N-dealkylation sites (tertiary alicyclic amines) is 2. The van der Waals surface area contributed by atoms with E-state index in [9.17, 15) is 10.2 Å². The molecule has 2 saturated heterocycles. The predicted molar refractivity (Wildman–Crippen MR) is 101 cm³/mol. The molecule has 6 heteroatoms. The summed E-state index contributed by atoms with van der Waals surface area (Å²) in [5.74, 6) is 1.35. The van der Waals surface area contributed by atoms with Crippen LogP contribution in [0, 0.1) is 0 Å². The minimum Gasteiger partial charge on any atom is -0.493 e. The van der Waals surface area contributed by atoms with Crippen molar-refractivity contribution in [1.29, 1.82) is 0 Å². The molecule has 0 aromatic heterocycles. The first-order valence-electron chi connectivity index (χ1n) is 9.74. The molecule has 0 radical (unpaired) electrons. The highest BCUT2D eigenvalue weighted by Crippen LogP contribution is 2.29. The van der Waals surface area contributed by atoms with Crippen LogP contribution in [0.15, 0.2) is 18.2 Å². The van der Waals surface area contributed by atoms with E-state index < -0.39 is 6.10 Å². The fourth-order valence-electron chi connectivity index (χ4n) is 3.71. The minimum atomic E-state index is -0.500. The number of aliphatic hydroxyl groups excluding tert-OH is 2. The number of aliphatic hydroxyl groups is 2. The molecule has 0 amide bonds. The van der Waals surface area contributed by atoms with Crippen LogP contribution in [0.2, 0.25) is 0 Å². The summed E-state index contributed by atoms with van der Waals surface area (Å²) in [6, 6.07) is 5.90. The first-order chi connectivity index (χ1) is 12.6. The lowest BCUT2D eigenvalue weighted by atomic mass is 10.1. The number of rotatable bonds is 8. The largest absolute Gasteiger partial charge is 0.493 e. The van der Waals surface area contributed by atoms with Crippen molar-refractivity contribution in [2.24, 2.45) is 0 Å². The Morgan fingerprint density at radius 3 is 2.46 bits per heavy atom. The Morgan fingerprint density at radius 1 is 1.08 bits per heavy atom. The van der Waals surface area contributed by atoms with E-state index in [0.717, 1.165) is 38.3 Å². The van der Waals surface area contributed by atoms with Gasteiger partial charge in [0.1, 0.15) is 12.7 Å². The molecule has 26 heavy (non-hydrogen) atoms. The Labute approximate surface area is 156 Å². The number of hydrogen-bond acceptors (Lipinski definition) is 6. The van der Waals surface area contributed by atoms with Crippen molar-refractivity contribution in [3.8, 4) is 11.5 Å². The quantitative estimate of drug-likeness (QED) is 0.729. The highest BCUT2D eigenvalue weighted by atomic mass is 16.5. The molecule has 0 aliphatic carbocycles. The summed E-state index contributed by atoms with van der Waals surface area (Å²) in [5.41, 5.74) is 1.13. The molecule has 6 nitrogen and oxygen atoms in total. The van der Waals surface area contributed by atoms with E-state index >= 15 is 0 Å². The molecule has 1 aromatic rings.